The number of para-hydroxylation sites is 1. The highest BCUT2D eigenvalue weighted by Crippen LogP contribution is 2.26. The maximum absolute atomic E-state index is 5.92. The van der Waals surface area contributed by atoms with Gasteiger partial charge in [0.25, 0.3) is 0 Å². The maximum Gasteiger partial charge on any atom is 0.0770 e. The lowest BCUT2D eigenvalue weighted by molar-refractivity contribution is 0.576. The molecule has 1 aliphatic heterocycles. The number of rotatable bonds is 0. The van der Waals surface area contributed by atoms with Gasteiger partial charge in [-0.25, -0.2) is 0 Å². The monoisotopic (exact) mass is 222 g/mol. The molecule has 0 radical (unpaired) electrons. The van der Waals surface area contributed by atoms with E-state index in [9.17, 15) is 0 Å². The largest absolute Gasteiger partial charge is 0.359 e. The van der Waals surface area contributed by atoms with Gasteiger partial charge in [-0.05, 0) is 24.5 Å². The van der Waals surface area contributed by atoms with E-state index in [1.807, 2.05) is 27.7 Å². The molecule has 0 saturated heterocycles. The highest BCUT2D eigenvalue weighted by Gasteiger charge is 2.18. The topological polar surface area (TPSA) is 29.3 Å². The zero-order valence-electron chi connectivity index (χ0n) is 11.3. The lowest BCUT2D eigenvalue weighted by Gasteiger charge is -2.33. The molecule has 92 valence electrons. The average Bonchev–Trinajstić information content (AvgIpc) is 2.39. The summed E-state index contributed by atoms with van der Waals surface area (Å²) in [5.74, 6) is 0. The van der Waals surface area contributed by atoms with Crippen molar-refractivity contribution >= 4 is 5.69 Å². The van der Waals surface area contributed by atoms with Gasteiger partial charge in [-0.1, -0.05) is 45.9 Å². The minimum atomic E-state index is 0.194. The Bertz CT molecular complexity index is 284. The molecular weight excluding hydrogens is 196 g/mol. The number of aryl methyl sites for hydroxylation is 1. The van der Waals surface area contributed by atoms with Gasteiger partial charge in [0.05, 0.1) is 6.17 Å². The Labute approximate surface area is 100 Å². The van der Waals surface area contributed by atoms with Gasteiger partial charge in [-0.2, -0.15) is 0 Å². The molecule has 2 heteroatoms. The molecule has 2 nitrogen and oxygen atoms in total. The van der Waals surface area contributed by atoms with E-state index < -0.39 is 0 Å². The summed E-state index contributed by atoms with van der Waals surface area (Å²) < 4.78 is 0. The highest BCUT2D eigenvalue weighted by atomic mass is 15.2. The standard InChI is InChI=1S/C10H14N2.2C2H6/c1-12-9-5-3-2-4-8(9)6-7-10(12)11;2*1-2/h2-5,10H,6-7,11H2,1H3;2*1-2H3. The second-order valence-corrected chi connectivity index (χ2v) is 3.35. The molecule has 2 N–H and O–H groups in total. The second-order valence-electron chi connectivity index (χ2n) is 3.35. The van der Waals surface area contributed by atoms with Gasteiger partial charge in [0, 0.05) is 12.7 Å². The molecule has 1 aromatic rings. The minimum absolute atomic E-state index is 0.194. The molecule has 1 unspecified atom stereocenters. The first kappa shape index (κ1) is 15.0. The number of anilines is 1. The number of hydrogen-bond donors (Lipinski definition) is 1. The van der Waals surface area contributed by atoms with Crippen LogP contribution in [0.2, 0.25) is 0 Å². The molecule has 1 aromatic carbocycles. The zero-order valence-corrected chi connectivity index (χ0v) is 11.3. The SMILES string of the molecule is CC.CC.CN1c2ccccc2CCC1N. The Kier molecular flexibility index (Phi) is 7.65. The third-order valence-corrected chi connectivity index (χ3v) is 2.58. The van der Waals surface area contributed by atoms with E-state index in [2.05, 4.69) is 36.2 Å². The summed E-state index contributed by atoms with van der Waals surface area (Å²) in [4.78, 5) is 2.15. The highest BCUT2D eigenvalue weighted by molar-refractivity contribution is 5.55. The van der Waals surface area contributed by atoms with Gasteiger partial charge >= 0.3 is 0 Å². The predicted octanol–water partition coefficient (Wildman–Crippen LogP) is 3.41. The molecule has 0 spiro atoms. The van der Waals surface area contributed by atoms with Crippen LogP contribution in [0.25, 0.3) is 0 Å². The summed E-state index contributed by atoms with van der Waals surface area (Å²) in [5, 5.41) is 0. The minimum Gasteiger partial charge on any atom is -0.359 e. The molecule has 1 heterocycles. The first-order valence-electron chi connectivity index (χ1n) is 6.35. The van der Waals surface area contributed by atoms with E-state index in [1.165, 1.54) is 11.3 Å². The van der Waals surface area contributed by atoms with Crippen LogP contribution in [0, 0.1) is 0 Å². The second kappa shape index (κ2) is 8.17. The van der Waals surface area contributed by atoms with Crippen molar-refractivity contribution in [2.24, 2.45) is 5.73 Å². The Balaban J connectivity index is 0.000000509. The fraction of sp³-hybridized carbons (Fsp3) is 0.571. The summed E-state index contributed by atoms with van der Waals surface area (Å²) in [6.45, 7) is 8.00. The van der Waals surface area contributed by atoms with E-state index in [4.69, 9.17) is 5.73 Å². The molecule has 1 aliphatic rings. The Morgan fingerprint density at radius 1 is 1.12 bits per heavy atom. The van der Waals surface area contributed by atoms with Gasteiger partial charge in [0.1, 0.15) is 0 Å². The predicted molar refractivity (Wildman–Crippen MR) is 73.8 cm³/mol. The molecule has 0 amide bonds. The van der Waals surface area contributed by atoms with Crippen LogP contribution in [0.5, 0.6) is 0 Å². The van der Waals surface area contributed by atoms with Crippen LogP contribution in [0.3, 0.4) is 0 Å². The van der Waals surface area contributed by atoms with Crippen LogP contribution in [-0.2, 0) is 6.42 Å². The number of fused-ring (bicyclic) bond motifs is 1. The van der Waals surface area contributed by atoms with E-state index in [0.717, 1.165) is 12.8 Å². The summed E-state index contributed by atoms with van der Waals surface area (Å²) in [5.41, 5.74) is 8.63. The van der Waals surface area contributed by atoms with Crippen LogP contribution < -0.4 is 10.6 Å². The molecule has 2 rings (SSSR count). The van der Waals surface area contributed by atoms with Crippen molar-refractivity contribution in [2.45, 2.75) is 46.7 Å². The van der Waals surface area contributed by atoms with Crippen LogP contribution in [0.15, 0.2) is 24.3 Å². The van der Waals surface area contributed by atoms with Crippen molar-refractivity contribution in [3.8, 4) is 0 Å². The lowest BCUT2D eigenvalue weighted by Crippen LogP contribution is -2.42. The van der Waals surface area contributed by atoms with Gasteiger partial charge in [-0.3, -0.25) is 0 Å². The molecule has 0 saturated carbocycles. The smallest absolute Gasteiger partial charge is 0.0770 e. The van der Waals surface area contributed by atoms with Crippen molar-refractivity contribution in [2.75, 3.05) is 11.9 Å². The molecule has 0 bridgehead atoms. The number of benzene rings is 1. The fourth-order valence-electron chi connectivity index (χ4n) is 1.74. The van der Waals surface area contributed by atoms with Crippen LogP contribution in [0.1, 0.15) is 39.7 Å². The number of nitrogens with two attached hydrogens (primary N) is 1. The lowest BCUT2D eigenvalue weighted by atomic mass is 10.0. The zero-order chi connectivity index (χ0) is 12.6. The maximum atomic E-state index is 5.92. The van der Waals surface area contributed by atoms with Crippen LogP contribution in [0.4, 0.5) is 5.69 Å². The van der Waals surface area contributed by atoms with Gasteiger partial charge in [-0.15, -0.1) is 0 Å². The third kappa shape index (κ3) is 3.53. The summed E-state index contributed by atoms with van der Waals surface area (Å²) >= 11 is 0. The summed E-state index contributed by atoms with van der Waals surface area (Å²) in [7, 11) is 2.06. The van der Waals surface area contributed by atoms with E-state index in [1.54, 1.807) is 0 Å². The van der Waals surface area contributed by atoms with Crippen molar-refractivity contribution in [1.29, 1.82) is 0 Å². The van der Waals surface area contributed by atoms with E-state index >= 15 is 0 Å². The van der Waals surface area contributed by atoms with Crippen LogP contribution >= 0.6 is 0 Å². The first-order valence-corrected chi connectivity index (χ1v) is 6.35. The van der Waals surface area contributed by atoms with Crippen molar-refractivity contribution < 1.29 is 0 Å². The number of hydrogen-bond acceptors (Lipinski definition) is 2. The molecule has 16 heavy (non-hydrogen) atoms. The Morgan fingerprint density at radius 2 is 1.69 bits per heavy atom. The fourth-order valence-corrected chi connectivity index (χ4v) is 1.74. The number of nitrogens with zero attached hydrogens (tertiary/aromatic N) is 1. The van der Waals surface area contributed by atoms with Gasteiger partial charge in [0.15, 0.2) is 0 Å². The average molecular weight is 222 g/mol. The molecule has 0 aliphatic carbocycles. The molecule has 1 atom stereocenters. The normalized spacial score (nSPS) is 17.4. The summed E-state index contributed by atoms with van der Waals surface area (Å²) in [6, 6.07) is 8.46. The van der Waals surface area contributed by atoms with Crippen molar-refractivity contribution in [1.82, 2.24) is 0 Å². The Morgan fingerprint density at radius 3 is 2.31 bits per heavy atom. The van der Waals surface area contributed by atoms with Crippen LogP contribution in [-0.4, -0.2) is 13.2 Å². The van der Waals surface area contributed by atoms with Crippen molar-refractivity contribution in [3.05, 3.63) is 29.8 Å². The van der Waals surface area contributed by atoms with Gasteiger partial charge in [0.2, 0.25) is 0 Å². The third-order valence-electron chi connectivity index (χ3n) is 2.58. The molecule has 0 aromatic heterocycles. The van der Waals surface area contributed by atoms with E-state index in [0.29, 0.717) is 0 Å². The van der Waals surface area contributed by atoms with Gasteiger partial charge < -0.3 is 10.6 Å². The quantitative estimate of drug-likeness (QED) is 0.729. The van der Waals surface area contributed by atoms with Crippen molar-refractivity contribution in [3.63, 3.8) is 0 Å². The summed E-state index contributed by atoms with van der Waals surface area (Å²) in [6.07, 6.45) is 2.37. The first-order chi connectivity index (χ1) is 7.79. The molecule has 0 fully saturated rings. The molecular formula is C14H26N2. The van der Waals surface area contributed by atoms with E-state index in [-0.39, 0.29) is 6.17 Å². The Hall–Kier alpha value is -1.02.